The van der Waals surface area contributed by atoms with Crippen LogP contribution < -0.4 is 5.32 Å². The predicted octanol–water partition coefficient (Wildman–Crippen LogP) is 5.10. The average molecular weight is 470 g/mol. The first-order chi connectivity index (χ1) is 17.1. The first-order valence-corrected chi connectivity index (χ1v) is 11.9. The second-order valence-corrected chi connectivity index (χ2v) is 8.94. The molecule has 178 valence electrons. The Labute approximate surface area is 204 Å². The number of carbonyl (C=O) groups excluding carboxylic acids is 1. The number of nitrogens with zero attached hydrogens (tertiary/aromatic N) is 2. The minimum Gasteiger partial charge on any atom is -0.381 e. The van der Waals surface area contributed by atoms with Gasteiger partial charge in [0.2, 0.25) is 5.91 Å². The minimum absolute atomic E-state index is 0.0446. The average Bonchev–Trinajstić information content (AvgIpc) is 3.42. The third-order valence-electron chi connectivity index (χ3n) is 6.80. The molecule has 3 aromatic carbocycles. The van der Waals surface area contributed by atoms with Crippen molar-refractivity contribution in [1.29, 1.82) is 0 Å². The summed E-state index contributed by atoms with van der Waals surface area (Å²) in [6.45, 7) is 2.15. The summed E-state index contributed by atoms with van der Waals surface area (Å²) >= 11 is 0. The van der Waals surface area contributed by atoms with E-state index in [-0.39, 0.29) is 11.7 Å². The molecule has 5 rings (SSSR count). The van der Waals surface area contributed by atoms with Crippen LogP contribution in [0.3, 0.4) is 0 Å². The van der Waals surface area contributed by atoms with Crippen LogP contribution >= 0.6 is 0 Å². The normalized spacial score (nSPS) is 15.0. The van der Waals surface area contributed by atoms with Gasteiger partial charge in [0.25, 0.3) is 0 Å². The molecule has 0 saturated carbocycles. The van der Waals surface area contributed by atoms with Gasteiger partial charge in [-0.1, -0.05) is 60.7 Å². The molecule has 1 aliphatic heterocycles. The summed E-state index contributed by atoms with van der Waals surface area (Å²) in [5, 5.41) is 7.44. The molecule has 1 N–H and O–H groups in total. The van der Waals surface area contributed by atoms with E-state index in [2.05, 4.69) is 40.7 Å². The fourth-order valence-corrected chi connectivity index (χ4v) is 4.81. The fraction of sp³-hybridized carbons (Fsp3) is 0.241. The van der Waals surface area contributed by atoms with Crippen molar-refractivity contribution in [3.63, 3.8) is 0 Å². The first-order valence-electron chi connectivity index (χ1n) is 11.9. The monoisotopic (exact) mass is 469 g/mol. The van der Waals surface area contributed by atoms with E-state index < -0.39 is 5.41 Å². The van der Waals surface area contributed by atoms with Crippen molar-refractivity contribution >= 4 is 5.91 Å². The molecule has 0 radical (unpaired) electrons. The first kappa shape index (κ1) is 23.0. The maximum atomic E-state index is 13.6. The number of nitrogens with one attached hydrogen (secondary N) is 1. The molecule has 0 aliphatic carbocycles. The van der Waals surface area contributed by atoms with E-state index in [1.807, 2.05) is 35.1 Å². The molecule has 0 unspecified atom stereocenters. The molecule has 6 heteroatoms. The van der Waals surface area contributed by atoms with Crippen LogP contribution in [0.25, 0.3) is 11.1 Å². The van der Waals surface area contributed by atoms with Crippen molar-refractivity contribution in [3.8, 4) is 11.1 Å². The van der Waals surface area contributed by atoms with Crippen molar-refractivity contribution < 1.29 is 13.9 Å². The van der Waals surface area contributed by atoms with Crippen LogP contribution in [0.1, 0.15) is 29.5 Å². The Bertz CT molecular complexity index is 1260. The highest BCUT2D eigenvalue weighted by Gasteiger charge is 2.41. The topological polar surface area (TPSA) is 56.2 Å². The van der Waals surface area contributed by atoms with E-state index >= 15 is 0 Å². The smallest absolute Gasteiger partial charge is 0.231 e. The van der Waals surface area contributed by atoms with Crippen LogP contribution in [0.5, 0.6) is 0 Å². The van der Waals surface area contributed by atoms with Gasteiger partial charge in [-0.15, -0.1) is 0 Å². The number of hydrogen-bond donors (Lipinski definition) is 1. The molecule has 0 bridgehead atoms. The lowest BCUT2D eigenvalue weighted by Crippen LogP contribution is -2.47. The molecule has 2 heterocycles. The molecule has 5 nitrogen and oxygen atoms in total. The van der Waals surface area contributed by atoms with Crippen molar-refractivity contribution in [1.82, 2.24) is 15.1 Å². The predicted molar refractivity (Wildman–Crippen MR) is 133 cm³/mol. The number of halogens is 1. The van der Waals surface area contributed by atoms with Gasteiger partial charge >= 0.3 is 0 Å². The largest absolute Gasteiger partial charge is 0.381 e. The summed E-state index contributed by atoms with van der Waals surface area (Å²) < 4.78 is 21.0. The lowest BCUT2D eigenvalue weighted by Gasteiger charge is -2.36. The lowest BCUT2D eigenvalue weighted by atomic mass is 9.73. The van der Waals surface area contributed by atoms with E-state index in [9.17, 15) is 9.18 Å². The van der Waals surface area contributed by atoms with Gasteiger partial charge in [0, 0.05) is 32.2 Å². The van der Waals surface area contributed by atoms with E-state index in [0.29, 0.717) is 32.6 Å². The van der Waals surface area contributed by atoms with Gasteiger partial charge < -0.3 is 10.1 Å². The maximum absolute atomic E-state index is 13.6. The highest BCUT2D eigenvalue weighted by atomic mass is 19.1. The zero-order valence-electron chi connectivity index (χ0n) is 19.5. The lowest BCUT2D eigenvalue weighted by molar-refractivity contribution is -0.130. The Hall–Kier alpha value is -3.77. The molecule has 1 aliphatic rings. The van der Waals surface area contributed by atoms with Crippen LogP contribution in [0.2, 0.25) is 0 Å². The number of rotatable bonds is 7. The van der Waals surface area contributed by atoms with E-state index in [1.54, 1.807) is 18.3 Å². The number of amides is 1. The van der Waals surface area contributed by atoms with Crippen molar-refractivity contribution in [2.24, 2.45) is 0 Å². The highest BCUT2D eigenvalue weighted by Crippen LogP contribution is 2.35. The maximum Gasteiger partial charge on any atom is 0.231 e. The molecule has 0 atom stereocenters. The minimum atomic E-state index is -0.713. The zero-order chi connectivity index (χ0) is 24.1. The fourth-order valence-electron chi connectivity index (χ4n) is 4.81. The van der Waals surface area contributed by atoms with Crippen molar-refractivity contribution in [3.05, 3.63) is 114 Å². The third-order valence-corrected chi connectivity index (χ3v) is 6.80. The second-order valence-electron chi connectivity index (χ2n) is 8.94. The molecule has 35 heavy (non-hydrogen) atoms. The van der Waals surface area contributed by atoms with Crippen molar-refractivity contribution in [2.45, 2.75) is 31.3 Å². The third kappa shape index (κ3) is 5.03. The molecule has 0 spiro atoms. The van der Waals surface area contributed by atoms with E-state index in [4.69, 9.17) is 4.74 Å². The van der Waals surface area contributed by atoms with Crippen LogP contribution in [-0.4, -0.2) is 28.9 Å². The molecule has 1 saturated heterocycles. The second kappa shape index (κ2) is 10.2. The van der Waals surface area contributed by atoms with Gasteiger partial charge in [-0.3, -0.25) is 9.48 Å². The van der Waals surface area contributed by atoms with Gasteiger partial charge in [-0.25, -0.2) is 4.39 Å². The standard InChI is InChI=1S/C29H28FN3O2/c30-26-12-10-25(11-13-26)29(14-18-35-19-15-29)28(34)31-20-24-4-1-2-5-27(24)23-8-6-22(7-9-23)21-33-17-3-16-32-33/h1-13,16-17H,14-15,18-21H2,(H,31,34). The van der Waals surface area contributed by atoms with Gasteiger partial charge in [-0.05, 0) is 58.9 Å². The molecule has 1 aromatic heterocycles. The Morgan fingerprint density at radius 1 is 0.971 bits per heavy atom. The van der Waals surface area contributed by atoms with Crippen LogP contribution in [-0.2, 0) is 28.0 Å². The number of carbonyl (C=O) groups is 1. The molecule has 4 aromatic rings. The van der Waals surface area contributed by atoms with Gasteiger partial charge in [-0.2, -0.15) is 5.10 Å². The zero-order valence-corrected chi connectivity index (χ0v) is 19.5. The summed E-state index contributed by atoms with van der Waals surface area (Å²) in [6.07, 6.45) is 4.87. The summed E-state index contributed by atoms with van der Waals surface area (Å²) in [6, 6.07) is 24.8. The number of ether oxygens (including phenoxy) is 1. The van der Waals surface area contributed by atoms with Crippen LogP contribution in [0.4, 0.5) is 4.39 Å². The molecular weight excluding hydrogens is 441 g/mol. The number of benzene rings is 3. The Morgan fingerprint density at radius 3 is 2.43 bits per heavy atom. The Balaban J connectivity index is 1.33. The van der Waals surface area contributed by atoms with Crippen LogP contribution in [0, 0.1) is 5.82 Å². The summed E-state index contributed by atoms with van der Waals surface area (Å²) in [5.41, 5.74) is 4.51. The molecule has 1 amide bonds. The van der Waals surface area contributed by atoms with Crippen LogP contribution in [0.15, 0.2) is 91.3 Å². The van der Waals surface area contributed by atoms with Gasteiger partial charge in [0.15, 0.2) is 0 Å². The van der Waals surface area contributed by atoms with E-state index in [0.717, 1.165) is 28.8 Å². The van der Waals surface area contributed by atoms with Crippen molar-refractivity contribution in [2.75, 3.05) is 13.2 Å². The number of aromatic nitrogens is 2. The highest BCUT2D eigenvalue weighted by molar-refractivity contribution is 5.88. The number of hydrogen-bond acceptors (Lipinski definition) is 3. The van der Waals surface area contributed by atoms with E-state index in [1.165, 1.54) is 17.7 Å². The SMILES string of the molecule is O=C(NCc1ccccc1-c1ccc(Cn2cccn2)cc1)C1(c2ccc(F)cc2)CCOCC1. The Kier molecular flexibility index (Phi) is 6.73. The molecule has 1 fully saturated rings. The summed E-state index contributed by atoms with van der Waals surface area (Å²) in [7, 11) is 0. The van der Waals surface area contributed by atoms with Gasteiger partial charge in [0.1, 0.15) is 5.82 Å². The quantitative estimate of drug-likeness (QED) is 0.410. The summed E-state index contributed by atoms with van der Waals surface area (Å²) in [5.74, 6) is -0.349. The van der Waals surface area contributed by atoms with Gasteiger partial charge in [0.05, 0.1) is 12.0 Å². The summed E-state index contributed by atoms with van der Waals surface area (Å²) in [4.78, 5) is 13.6. The Morgan fingerprint density at radius 2 is 1.71 bits per heavy atom. The molecular formula is C29H28FN3O2.